The molecule has 5 heteroatoms. The highest BCUT2D eigenvalue weighted by molar-refractivity contribution is 6.01. The van der Waals surface area contributed by atoms with Gasteiger partial charge in [0, 0.05) is 11.5 Å². The fraction of sp³-hybridized carbons (Fsp3) is 0.571. The van der Waals surface area contributed by atoms with E-state index in [1.807, 2.05) is 33.8 Å². The van der Waals surface area contributed by atoms with Gasteiger partial charge in [0.15, 0.2) is 6.61 Å². The van der Waals surface area contributed by atoms with Crippen molar-refractivity contribution in [2.75, 3.05) is 13.2 Å². The van der Waals surface area contributed by atoms with Gasteiger partial charge in [0.2, 0.25) is 11.7 Å². The van der Waals surface area contributed by atoms with Crippen LogP contribution in [0.4, 0.5) is 0 Å². The average Bonchev–Trinajstić information content (AvgIpc) is 2.63. The van der Waals surface area contributed by atoms with Crippen molar-refractivity contribution in [1.82, 2.24) is 5.32 Å². The molecule has 142 valence electrons. The summed E-state index contributed by atoms with van der Waals surface area (Å²) in [6.45, 7) is 7.25. The number of carbonyl (C=O) groups excluding carboxylic acids is 3. The third-order valence-electron chi connectivity index (χ3n) is 5.39. The van der Waals surface area contributed by atoms with Gasteiger partial charge in [-0.25, -0.2) is 0 Å². The number of amides is 1. The summed E-state index contributed by atoms with van der Waals surface area (Å²) in [5.41, 5.74) is 4.55. The van der Waals surface area contributed by atoms with Crippen molar-refractivity contribution in [2.24, 2.45) is 5.92 Å². The highest BCUT2D eigenvalue weighted by Crippen LogP contribution is 2.24. The predicted molar refractivity (Wildman–Crippen MR) is 100 cm³/mol. The van der Waals surface area contributed by atoms with E-state index in [1.165, 1.54) is 6.42 Å². The third kappa shape index (κ3) is 4.93. The van der Waals surface area contributed by atoms with E-state index in [4.69, 9.17) is 4.74 Å². The maximum Gasteiger partial charge on any atom is 0.325 e. The molecule has 1 amide bonds. The summed E-state index contributed by atoms with van der Waals surface area (Å²) >= 11 is 0. The van der Waals surface area contributed by atoms with Crippen molar-refractivity contribution in [3.8, 4) is 0 Å². The lowest BCUT2D eigenvalue weighted by atomic mass is 9.89. The number of ether oxygens (including phenoxy) is 1. The van der Waals surface area contributed by atoms with Gasteiger partial charge in [0.05, 0.1) is 0 Å². The van der Waals surface area contributed by atoms with Crippen LogP contribution in [0.1, 0.15) is 64.7 Å². The molecule has 0 aliphatic heterocycles. The highest BCUT2D eigenvalue weighted by Gasteiger charge is 2.22. The topological polar surface area (TPSA) is 72.5 Å². The molecule has 0 atom stereocenters. The van der Waals surface area contributed by atoms with Crippen molar-refractivity contribution in [1.29, 1.82) is 0 Å². The first-order chi connectivity index (χ1) is 12.3. The van der Waals surface area contributed by atoms with E-state index in [2.05, 4.69) is 5.32 Å². The van der Waals surface area contributed by atoms with E-state index in [-0.39, 0.29) is 30.8 Å². The molecule has 1 aromatic carbocycles. The van der Waals surface area contributed by atoms with Crippen LogP contribution >= 0.6 is 0 Å². The van der Waals surface area contributed by atoms with Gasteiger partial charge >= 0.3 is 5.97 Å². The fourth-order valence-electron chi connectivity index (χ4n) is 3.57. The number of hydrogen-bond donors (Lipinski definition) is 1. The van der Waals surface area contributed by atoms with E-state index >= 15 is 0 Å². The second kappa shape index (κ2) is 8.97. The SMILES string of the molecule is Cc1cc(C)c(C)c(C(=O)COC(=O)CNC(=O)C2CCCCC2)c1C. The average molecular weight is 359 g/mol. The van der Waals surface area contributed by atoms with Crippen molar-refractivity contribution in [3.05, 3.63) is 33.9 Å². The van der Waals surface area contributed by atoms with Crippen molar-refractivity contribution >= 4 is 17.7 Å². The minimum atomic E-state index is -0.581. The van der Waals surface area contributed by atoms with Crippen molar-refractivity contribution < 1.29 is 19.1 Å². The summed E-state index contributed by atoms with van der Waals surface area (Å²) in [7, 11) is 0. The van der Waals surface area contributed by atoms with Crippen molar-refractivity contribution in [3.63, 3.8) is 0 Å². The third-order valence-corrected chi connectivity index (χ3v) is 5.39. The van der Waals surface area contributed by atoms with E-state index < -0.39 is 5.97 Å². The van der Waals surface area contributed by atoms with Crippen LogP contribution in [0.25, 0.3) is 0 Å². The van der Waals surface area contributed by atoms with Gasteiger partial charge in [-0.2, -0.15) is 0 Å². The first kappa shape index (κ1) is 20.1. The van der Waals surface area contributed by atoms with Crippen LogP contribution in [0.3, 0.4) is 0 Å². The van der Waals surface area contributed by atoms with Crippen LogP contribution in [-0.2, 0) is 14.3 Å². The zero-order chi connectivity index (χ0) is 19.3. The Kier molecular flexibility index (Phi) is 6.95. The Labute approximate surface area is 155 Å². The standard InChI is InChI=1S/C21H29NO4/c1-13-10-14(2)16(4)20(15(13)3)18(23)12-26-19(24)11-22-21(25)17-8-6-5-7-9-17/h10,17H,5-9,11-12H2,1-4H3,(H,22,25). The molecular formula is C21H29NO4. The summed E-state index contributed by atoms with van der Waals surface area (Å²) < 4.78 is 5.08. The lowest BCUT2D eigenvalue weighted by Gasteiger charge is -2.20. The highest BCUT2D eigenvalue weighted by atomic mass is 16.5. The normalized spacial score (nSPS) is 14.8. The Bertz CT molecular complexity index is 676. The Morgan fingerprint density at radius 2 is 1.58 bits per heavy atom. The van der Waals surface area contributed by atoms with Gasteiger partial charge in [-0.3, -0.25) is 14.4 Å². The van der Waals surface area contributed by atoms with Crippen LogP contribution in [0, 0.1) is 33.6 Å². The number of esters is 1. The lowest BCUT2D eigenvalue weighted by Crippen LogP contribution is -2.36. The molecule has 1 aliphatic rings. The number of benzene rings is 1. The van der Waals surface area contributed by atoms with Gasteiger partial charge in [0.1, 0.15) is 6.54 Å². The molecule has 0 radical (unpaired) electrons. The molecule has 5 nitrogen and oxygen atoms in total. The molecule has 0 unspecified atom stereocenters. The largest absolute Gasteiger partial charge is 0.456 e. The quantitative estimate of drug-likeness (QED) is 0.624. The number of carbonyl (C=O) groups is 3. The lowest BCUT2D eigenvalue weighted by molar-refractivity contribution is -0.143. The van der Waals surface area contributed by atoms with E-state index in [1.54, 1.807) is 0 Å². The molecule has 0 aromatic heterocycles. The number of ketones is 1. The Morgan fingerprint density at radius 1 is 1.00 bits per heavy atom. The number of rotatable bonds is 6. The van der Waals surface area contributed by atoms with Crippen LogP contribution < -0.4 is 5.32 Å². The smallest absolute Gasteiger partial charge is 0.325 e. The molecule has 1 N–H and O–H groups in total. The number of Topliss-reactive ketones (excluding diaryl/α,β-unsaturated/α-hetero) is 1. The maximum atomic E-state index is 12.5. The van der Waals surface area contributed by atoms with Crippen LogP contribution in [-0.4, -0.2) is 30.8 Å². The minimum Gasteiger partial charge on any atom is -0.456 e. The van der Waals surface area contributed by atoms with E-state index in [0.717, 1.165) is 47.9 Å². The van der Waals surface area contributed by atoms with Crippen LogP contribution in [0.2, 0.25) is 0 Å². The first-order valence-corrected chi connectivity index (χ1v) is 9.35. The molecule has 1 fully saturated rings. The van der Waals surface area contributed by atoms with Gasteiger partial charge in [0.25, 0.3) is 0 Å². The molecule has 26 heavy (non-hydrogen) atoms. The van der Waals surface area contributed by atoms with Gasteiger partial charge < -0.3 is 10.1 Å². The first-order valence-electron chi connectivity index (χ1n) is 9.35. The summed E-state index contributed by atoms with van der Waals surface area (Å²) in [5.74, 6) is -0.881. The van der Waals surface area contributed by atoms with Crippen LogP contribution in [0.5, 0.6) is 0 Å². The summed E-state index contributed by atoms with van der Waals surface area (Å²) in [4.78, 5) is 36.4. The molecule has 0 saturated heterocycles. The monoisotopic (exact) mass is 359 g/mol. The molecule has 1 saturated carbocycles. The van der Waals surface area contributed by atoms with Crippen molar-refractivity contribution in [2.45, 2.75) is 59.8 Å². The molecule has 0 spiro atoms. The van der Waals surface area contributed by atoms with E-state index in [0.29, 0.717) is 5.56 Å². The van der Waals surface area contributed by atoms with Gasteiger partial charge in [-0.05, 0) is 62.8 Å². The Morgan fingerprint density at radius 3 is 2.15 bits per heavy atom. The molecule has 1 aliphatic carbocycles. The zero-order valence-electron chi connectivity index (χ0n) is 16.2. The molecule has 1 aromatic rings. The molecule has 0 bridgehead atoms. The van der Waals surface area contributed by atoms with Crippen LogP contribution in [0.15, 0.2) is 6.07 Å². The second-order valence-corrected chi connectivity index (χ2v) is 7.27. The minimum absolute atomic E-state index is 0.00116. The summed E-state index contributed by atoms with van der Waals surface area (Å²) in [5, 5.41) is 2.63. The second-order valence-electron chi connectivity index (χ2n) is 7.27. The number of aryl methyl sites for hydroxylation is 2. The fourth-order valence-corrected chi connectivity index (χ4v) is 3.57. The molecular weight excluding hydrogens is 330 g/mol. The number of nitrogens with one attached hydrogen (secondary N) is 1. The molecule has 0 heterocycles. The van der Waals surface area contributed by atoms with Gasteiger partial charge in [-0.1, -0.05) is 25.3 Å². The Hall–Kier alpha value is -2.17. The predicted octanol–water partition coefficient (Wildman–Crippen LogP) is 3.34. The number of hydrogen-bond acceptors (Lipinski definition) is 4. The summed E-state index contributed by atoms with van der Waals surface area (Å²) in [6.07, 6.45) is 5.05. The zero-order valence-corrected chi connectivity index (χ0v) is 16.2. The summed E-state index contributed by atoms with van der Waals surface area (Å²) in [6, 6.07) is 2.05. The van der Waals surface area contributed by atoms with Gasteiger partial charge in [-0.15, -0.1) is 0 Å². The van der Waals surface area contributed by atoms with E-state index in [9.17, 15) is 14.4 Å². The maximum absolute atomic E-state index is 12.5. The Balaban J connectivity index is 1.85. The molecule has 2 rings (SSSR count).